The van der Waals surface area contributed by atoms with Crippen LogP contribution in [0.25, 0.3) is 0 Å². The van der Waals surface area contributed by atoms with Crippen molar-refractivity contribution in [1.29, 1.82) is 0 Å². The average molecular weight is 313 g/mol. The van der Waals surface area contributed by atoms with Crippen LogP contribution in [0.2, 0.25) is 0 Å². The Morgan fingerprint density at radius 1 is 1.23 bits per heavy atom. The molecule has 0 saturated carbocycles. The summed E-state index contributed by atoms with van der Waals surface area (Å²) in [6, 6.07) is 3.04. The van der Waals surface area contributed by atoms with Crippen molar-refractivity contribution in [2.75, 3.05) is 19.7 Å². The molecule has 1 aromatic carbocycles. The number of amides is 1. The van der Waals surface area contributed by atoms with Gasteiger partial charge in [0.25, 0.3) is 5.91 Å². The summed E-state index contributed by atoms with van der Waals surface area (Å²) in [5.41, 5.74) is -0.793. The Hall–Kier alpha value is -2.02. The van der Waals surface area contributed by atoms with Gasteiger partial charge >= 0.3 is 5.97 Å². The molecule has 120 valence electrons. The Morgan fingerprint density at radius 2 is 1.77 bits per heavy atom. The minimum atomic E-state index is -1.20. The Balaban J connectivity index is 1.95. The Morgan fingerprint density at radius 3 is 2.32 bits per heavy atom. The summed E-state index contributed by atoms with van der Waals surface area (Å²) >= 11 is 0. The van der Waals surface area contributed by atoms with Crippen LogP contribution >= 0.6 is 0 Å². The molecule has 0 N–H and O–H groups in total. The van der Waals surface area contributed by atoms with Crippen molar-refractivity contribution in [2.24, 2.45) is 0 Å². The van der Waals surface area contributed by atoms with Gasteiger partial charge in [-0.2, -0.15) is 0 Å². The van der Waals surface area contributed by atoms with Crippen LogP contribution in [0, 0.1) is 11.6 Å². The molecule has 1 heterocycles. The lowest BCUT2D eigenvalue weighted by Crippen LogP contribution is -2.49. The SMILES string of the molecule is CC1CN(C(=O)COC(=O)c2c(F)cccc2F)CC(C)O1. The molecule has 0 aliphatic carbocycles. The molecule has 1 aliphatic rings. The van der Waals surface area contributed by atoms with E-state index >= 15 is 0 Å². The average Bonchev–Trinajstić information content (AvgIpc) is 2.43. The summed E-state index contributed by atoms with van der Waals surface area (Å²) in [5.74, 6) is -3.66. The smallest absolute Gasteiger partial charge is 0.344 e. The third-order valence-electron chi connectivity index (χ3n) is 3.27. The number of rotatable bonds is 3. The van der Waals surface area contributed by atoms with Crippen molar-refractivity contribution < 1.29 is 27.8 Å². The van der Waals surface area contributed by atoms with Crippen LogP contribution in [0.1, 0.15) is 24.2 Å². The highest BCUT2D eigenvalue weighted by Crippen LogP contribution is 2.14. The molecule has 0 spiro atoms. The molecule has 22 heavy (non-hydrogen) atoms. The van der Waals surface area contributed by atoms with Crippen LogP contribution in [0.4, 0.5) is 8.78 Å². The van der Waals surface area contributed by atoms with Crippen molar-refractivity contribution >= 4 is 11.9 Å². The standard InChI is InChI=1S/C15H17F2NO4/c1-9-6-18(7-10(2)22-9)13(19)8-21-15(20)14-11(16)4-3-5-12(14)17/h3-5,9-10H,6-8H2,1-2H3. The van der Waals surface area contributed by atoms with Gasteiger partial charge in [-0.3, -0.25) is 4.79 Å². The second kappa shape index (κ2) is 6.83. The van der Waals surface area contributed by atoms with Crippen molar-refractivity contribution in [3.63, 3.8) is 0 Å². The topological polar surface area (TPSA) is 55.8 Å². The minimum Gasteiger partial charge on any atom is -0.452 e. The van der Waals surface area contributed by atoms with E-state index in [1.165, 1.54) is 4.90 Å². The molecule has 2 atom stereocenters. The van der Waals surface area contributed by atoms with Crippen LogP contribution < -0.4 is 0 Å². The molecule has 5 nitrogen and oxygen atoms in total. The fourth-order valence-corrected chi connectivity index (χ4v) is 2.37. The van der Waals surface area contributed by atoms with E-state index in [9.17, 15) is 18.4 Å². The van der Waals surface area contributed by atoms with Gasteiger partial charge in [0.2, 0.25) is 0 Å². The zero-order valence-corrected chi connectivity index (χ0v) is 12.3. The molecule has 2 rings (SSSR count). The van der Waals surface area contributed by atoms with Gasteiger partial charge in [-0.05, 0) is 26.0 Å². The first-order chi connectivity index (χ1) is 10.4. The molecule has 7 heteroatoms. The lowest BCUT2D eigenvalue weighted by atomic mass is 10.2. The molecule has 0 radical (unpaired) electrons. The predicted molar refractivity (Wildman–Crippen MR) is 73.2 cm³/mol. The van der Waals surface area contributed by atoms with Gasteiger partial charge in [0.1, 0.15) is 17.2 Å². The highest BCUT2D eigenvalue weighted by atomic mass is 19.1. The van der Waals surface area contributed by atoms with Gasteiger partial charge in [-0.15, -0.1) is 0 Å². The molecule has 1 saturated heterocycles. The minimum absolute atomic E-state index is 0.118. The zero-order chi connectivity index (χ0) is 16.3. The fraction of sp³-hybridized carbons (Fsp3) is 0.467. The summed E-state index contributed by atoms with van der Waals surface area (Å²) in [4.78, 5) is 25.2. The number of nitrogens with zero attached hydrogens (tertiary/aromatic N) is 1. The van der Waals surface area contributed by atoms with Crippen LogP contribution in [0.3, 0.4) is 0 Å². The third-order valence-corrected chi connectivity index (χ3v) is 3.27. The first-order valence-electron chi connectivity index (χ1n) is 6.93. The summed E-state index contributed by atoms with van der Waals surface area (Å²) < 4.78 is 37.1. The van der Waals surface area contributed by atoms with Gasteiger partial charge in [0.05, 0.1) is 12.2 Å². The van der Waals surface area contributed by atoms with E-state index < -0.39 is 35.7 Å². The number of esters is 1. The second-order valence-electron chi connectivity index (χ2n) is 5.23. The molecule has 0 bridgehead atoms. The van der Waals surface area contributed by atoms with Crippen molar-refractivity contribution in [3.8, 4) is 0 Å². The first kappa shape index (κ1) is 16.4. The number of ether oxygens (including phenoxy) is 2. The number of halogens is 2. The van der Waals surface area contributed by atoms with E-state index in [2.05, 4.69) is 0 Å². The number of carbonyl (C=O) groups is 2. The van der Waals surface area contributed by atoms with Crippen LogP contribution in [0.5, 0.6) is 0 Å². The zero-order valence-electron chi connectivity index (χ0n) is 12.3. The Bertz CT molecular complexity index is 548. The first-order valence-corrected chi connectivity index (χ1v) is 6.93. The van der Waals surface area contributed by atoms with Crippen molar-refractivity contribution in [3.05, 3.63) is 35.4 Å². The largest absolute Gasteiger partial charge is 0.452 e. The number of hydrogen-bond donors (Lipinski definition) is 0. The highest BCUT2D eigenvalue weighted by Gasteiger charge is 2.27. The third kappa shape index (κ3) is 3.79. The molecule has 1 amide bonds. The normalized spacial score (nSPS) is 21.5. The van der Waals surface area contributed by atoms with Gasteiger partial charge in [0.15, 0.2) is 6.61 Å². The van der Waals surface area contributed by atoms with Gasteiger partial charge in [-0.25, -0.2) is 13.6 Å². The summed E-state index contributed by atoms with van der Waals surface area (Å²) in [5, 5.41) is 0. The van der Waals surface area contributed by atoms with Gasteiger partial charge < -0.3 is 14.4 Å². The maximum atomic E-state index is 13.4. The van der Waals surface area contributed by atoms with Crippen LogP contribution in [0.15, 0.2) is 18.2 Å². The number of hydrogen-bond acceptors (Lipinski definition) is 4. The van der Waals surface area contributed by atoms with Gasteiger partial charge in [-0.1, -0.05) is 6.07 Å². The van der Waals surface area contributed by atoms with E-state index in [1.54, 1.807) is 0 Å². The molecule has 1 aliphatic heterocycles. The maximum Gasteiger partial charge on any atom is 0.344 e. The van der Waals surface area contributed by atoms with Gasteiger partial charge in [0, 0.05) is 13.1 Å². The molecular formula is C15H17F2NO4. The second-order valence-corrected chi connectivity index (χ2v) is 5.23. The van der Waals surface area contributed by atoms with E-state index in [0.717, 1.165) is 18.2 Å². The number of carbonyl (C=O) groups excluding carboxylic acids is 2. The maximum absolute atomic E-state index is 13.4. The molecule has 2 unspecified atom stereocenters. The lowest BCUT2D eigenvalue weighted by molar-refractivity contribution is -0.146. The van der Waals surface area contributed by atoms with E-state index in [-0.39, 0.29) is 12.2 Å². The molecular weight excluding hydrogens is 296 g/mol. The van der Waals surface area contributed by atoms with Crippen LogP contribution in [-0.4, -0.2) is 48.7 Å². The molecule has 1 aromatic rings. The summed E-state index contributed by atoms with van der Waals surface area (Å²) in [7, 11) is 0. The highest BCUT2D eigenvalue weighted by molar-refractivity contribution is 5.91. The summed E-state index contributed by atoms with van der Waals surface area (Å²) in [6.07, 6.45) is -0.236. The fourth-order valence-electron chi connectivity index (χ4n) is 2.37. The number of morpholine rings is 1. The molecule has 1 fully saturated rings. The predicted octanol–water partition coefficient (Wildman–Crippen LogP) is 1.76. The Labute approximate surface area is 126 Å². The van der Waals surface area contributed by atoms with Crippen molar-refractivity contribution in [2.45, 2.75) is 26.1 Å². The number of benzene rings is 1. The van der Waals surface area contributed by atoms with E-state index in [4.69, 9.17) is 9.47 Å². The van der Waals surface area contributed by atoms with E-state index in [0.29, 0.717) is 13.1 Å². The van der Waals surface area contributed by atoms with E-state index in [1.807, 2.05) is 13.8 Å². The molecule has 0 aromatic heterocycles. The summed E-state index contributed by atoms with van der Waals surface area (Å²) in [6.45, 7) is 3.86. The van der Waals surface area contributed by atoms with Crippen molar-refractivity contribution in [1.82, 2.24) is 4.90 Å². The monoisotopic (exact) mass is 313 g/mol. The quantitative estimate of drug-likeness (QED) is 0.798. The lowest BCUT2D eigenvalue weighted by Gasteiger charge is -2.35. The van der Waals surface area contributed by atoms with Crippen LogP contribution in [-0.2, 0) is 14.3 Å². The Kier molecular flexibility index (Phi) is 5.07.